The molecular weight excluding hydrogens is 254 g/mol. The summed E-state index contributed by atoms with van der Waals surface area (Å²) in [6.07, 6.45) is 2.23. The number of aromatic hydroxyl groups is 1. The second-order valence-electron chi connectivity index (χ2n) is 5.70. The molecule has 110 valence electrons. The summed E-state index contributed by atoms with van der Waals surface area (Å²) in [5.41, 5.74) is 6.60. The second-order valence-corrected chi connectivity index (χ2v) is 5.70. The molecule has 2 rings (SSSR count). The molecule has 1 aliphatic heterocycles. The summed E-state index contributed by atoms with van der Waals surface area (Å²) in [7, 11) is 3.92. The Balaban J connectivity index is 1.99. The third-order valence-electron chi connectivity index (χ3n) is 3.98. The molecule has 5 heteroatoms. The van der Waals surface area contributed by atoms with E-state index in [9.17, 15) is 9.90 Å². The molecule has 0 radical (unpaired) electrons. The SMILES string of the molecule is CN1CCC(CN(C)C(=O)c2cc(O)ccc2N)CC1. The summed E-state index contributed by atoms with van der Waals surface area (Å²) in [5, 5.41) is 9.49. The van der Waals surface area contributed by atoms with Gasteiger partial charge in [0.2, 0.25) is 0 Å². The summed E-state index contributed by atoms with van der Waals surface area (Å²) < 4.78 is 0. The Hall–Kier alpha value is -1.75. The fourth-order valence-corrected chi connectivity index (χ4v) is 2.65. The first-order chi connectivity index (χ1) is 9.47. The molecule has 5 nitrogen and oxygen atoms in total. The Morgan fingerprint density at radius 2 is 2.10 bits per heavy atom. The molecule has 1 aliphatic rings. The number of nitrogen functional groups attached to an aromatic ring is 1. The summed E-state index contributed by atoms with van der Waals surface area (Å²) in [5.74, 6) is 0.478. The highest BCUT2D eigenvalue weighted by Gasteiger charge is 2.22. The van der Waals surface area contributed by atoms with Crippen LogP contribution in [0, 0.1) is 5.92 Å². The van der Waals surface area contributed by atoms with Crippen LogP contribution in [-0.2, 0) is 0 Å². The molecule has 0 saturated carbocycles. The lowest BCUT2D eigenvalue weighted by atomic mass is 9.96. The van der Waals surface area contributed by atoms with E-state index in [0.29, 0.717) is 17.2 Å². The summed E-state index contributed by atoms with van der Waals surface area (Å²) >= 11 is 0. The fraction of sp³-hybridized carbons (Fsp3) is 0.533. The number of piperidine rings is 1. The molecule has 1 amide bonds. The monoisotopic (exact) mass is 277 g/mol. The lowest BCUT2D eigenvalue weighted by Gasteiger charge is -2.31. The van der Waals surface area contributed by atoms with Crippen LogP contribution in [-0.4, -0.2) is 54.5 Å². The highest BCUT2D eigenvalue weighted by molar-refractivity contribution is 5.99. The minimum absolute atomic E-state index is 0.0650. The summed E-state index contributed by atoms with van der Waals surface area (Å²) in [6.45, 7) is 2.91. The number of benzene rings is 1. The maximum Gasteiger partial charge on any atom is 0.255 e. The maximum absolute atomic E-state index is 12.4. The van der Waals surface area contributed by atoms with Crippen molar-refractivity contribution in [2.24, 2.45) is 5.92 Å². The zero-order valence-corrected chi connectivity index (χ0v) is 12.2. The Bertz CT molecular complexity index is 482. The molecule has 0 spiro atoms. The van der Waals surface area contributed by atoms with Gasteiger partial charge in [0.1, 0.15) is 5.75 Å². The predicted octanol–water partition coefficient (Wildman–Crippen LogP) is 1.39. The zero-order valence-electron chi connectivity index (χ0n) is 12.2. The molecule has 0 unspecified atom stereocenters. The summed E-state index contributed by atoms with van der Waals surface area (Å²) in [6, 6.07) is 4.48. The van der Waals surface area contributed by atoms with E-state index in [0.717, 1.165) is 32.5 Å². The number of likely N-dealkylation sites (tertiary alicyclic amines) is 1. The van der Waals surface area contributed by atoms with Gasteiger partial charge in [0, 0.05) is 19.3 Å². The van der Waals surface area contributed by atoms with E-state index < -0.39 is 0 Å². The molecule has 1 aromatic rings. The van der Waals surface area contributed by atoms with Gasteiger partial charge in [0.05, 0.1) is 5.56 Å². The second kappa shape index (κ2) is 6.13. The van der Waals surface area contributed by atoms with Gasteiger partial charge in [-0.2, -0.15) is 0 Å². The lowest BCUT2D eigenvalue weighted by molar-refractivity contribution is 0.0748. The number of nitrogens with two attached hydrogens (primary N) is 1. The van der Waals surface area contributed by atoms with Gasteiger partial charge in [-0.05, 0) is 57.1 Å². The highest BCUT2D eigenvalue weighted by atomic mass is 16.3. The third-order valence-corrected chi connectivity index (χ3v) is 3.98. The lowest BCUT2D eigenvalue weighted by Crippen LogP contribution is -2.38. The van der Waals surface area contributed by atoms with E-state index in [1.807, 2.05) is 0 Å². The largest absolute Gasteiger partial charge is 0.508 e. The van der Waals surface area contributed by atoms with E-state index in [2.05, 4.69) is 11.9 Å². The van der Waals surface area contributed by atoms with Crippen molar-refractivity contribution < 1.29 is 9.90 Å². The van der Waals surface area contributed by atoms with Crippen LogP contribution in [0.5, 0.6) is 5.75 Å². The fourth-order valence-electron chi connectivity index (χ4n) is 2.65. The van der Waals surface area contributed by atoms with E-state index in [4.69, 9.17) is 5.73 Å². The maximum atomic E-state index is 12.4. The standard InChI is InChI=1S/C15H23N3O2/c1-17-7-5-11(6-8-17)10-18(2)15(20)13-9-12(19)3-4-14(13)16/h3-4,9,11,19H,5-8,10,16H2,1-2H3. The van der Waals surface area contributed by atoms with Gasteiger partial charge < -0.3 is 20.6 Å². The number of rotatable bonds is 3. The van der Waals surface area contributed by atoms with Crippen molar-refractivity contribution in [1.29, 1.82) is 0 Å². The van der Waals surface area contributed by atoms with Crippen LogP contribution >= 0.6 is 0 Å². The molecule has 20 heavy (non-hydrogen) atoms. The van der Waals surface area contributed by atoms with Crippen molar-refractivity contribution >= 4 is 11.6 Å². The molecule has 3 N–H and O–H groups in total. The number of carbonyl (C=O) groups excluding carboxylic acids is 1. The van der Waals surface area contributed by atoms with Crippen LogP contribution in [0.25, 0.3) is 0 Å². The molecule has 1 aromatic carbocycles. The molecule has 0 bridgehead atoms. The molecule has 1 saturated heterocycles. The Labute approximate surface area is 120 Å². The van der Waals surface area contributed by atoms with Crippen LogP contribution in [0.4, 0.5) is 5.69 Å². The van der Waals surface area contributed by atoms with Crippen molar-refractivity contribution in [3.05, 3.63) is 23.8 Å². The molecule has 1 fully saturated rings. The van der Waals surface area contributed by atoms with E-state index in [1.165, 1.54) is 12.1 Å². The first-order valence-corrected chi connectivity index (χ1v) is 7.00. The van der Waals surface area contributed by atoms with E-state index in [1.54, 1.807) is 18.0 Å². The number of carbonyl (C=O) groups is 1. The average Bonchev–Trinajstić information content (AvgIpc) is 2.43. The van der Waals surface area contributed by atoms with Crippen LogP contribution in [0.15, 0.2) is 18.2 Å². The van der Waals surface area contributed by atoms with Gasteiger partial charge in [-0.15, -0.1) is 0 Å². The van der Waals surface area contributed by atoms with Gasteiger partial charge in [-0.3, -0.25) is 4.79 Å². The van der Waals surface area contributed by atoms with E-state index >= 15 is 0 Å². The topological polar surface area (TPSA) is 69.8 Å². The quantitative estimate of drug-likeness (QED) is 0.647. The normalized spacial score (nSPS) is 17.1. The van der Waals surface area contributed by atoms with Gasteiger partial charge >= 0.3 is 0 Å². The van der Waals surface area contributed by atoms with Crippen LogP contribution in [0.2, 0.25) is 0 Å². The van der Waals surface area contributed by atoms with Crippen molar-refractivity contribution in [2.45, 2.75) is 12.8 Å². The Kier molecular flexibility index (Phi) is 4.49. The Morgan fingerprint density at radius 1 is 1.45 bits per heavy atom. The van der Waals surface area contributed by atoms with Crippen LogP contribution in [0.1, 0.15) is 23.2 Å². The number of nitrogens with zero attached hydrogens (tertiary/aromatic N) is 2. The smallest absolute Gasteiger partial charge is 0.255 e. The van der Waals surface area contributed by atoms with Gasteiger partial charge in [0.15, 0.2) is 0 Å². The molecule has 0 atom stereocenters. The third kappa shape index (κ3) is 3.42. The van der Waals surface area contributed by atoms with Crippen molar-refractivity contribution in [3.63, 3.8) is 0 Å². The minimum atomic E-state index is -0.127. The molecule has 1 heterocycles. The van der Waals surface area contributed by atoms with Gasteiger partial charge in [-0.1, -0.05) is 0 Å². The number of amides is 1. The number of anilines is 1. The summed E-state index contributed by atoms with van der Waals surface area (Å²) in [4.78, 5) is 16.4. The van der Waals surface area contributed by atoms with Crippen LogP contribution < -0.4 is 5.73 Å². The van der Waals surface area contributed by atoms with Crippen LogP contribution in [0.3, 0.4) is 0 Å². The Morgan fingerprint density at radius 3 is 2.75 bits per heavy atom. The molecular formula is C15H23N3O2. The predicted molar refractivity (Wildman–Crippen MR) is 79.7 cm³/mol. The zero-order chi connectivity index (χ0) is 14.7. The first kappa shape index (κ1) is 14.7. The average molecular weight is 277 g/mol. The van der Waals surface area contributed by atoms with Crippen molar-refractivity contribution in [1.82, 2.24) is 9.80 Å². The number of phenolic OH excluding ortho intramolecular Hbond substituents is 1. The highest BCUT2D eigenvalue weighted by Crippen LogP contribution is 2.22. The number of phenols is 1. The van der Waals surface area contributed by atoms with Gasteiger partial charge in [-0.25, -0.2) is 0 Å². The number of hydrogen-bond donors (Lipinski definition) is 2. The molecule has 0 aliphatic carbocycles. The van der Waals surface area contributed by atoms with E-state index in [-0.39, 0.29) is 11.7 Å². The first-order valence-electron chi connectivity index (χ1n) is 7.00. The minimum Gasteiger partial charge on any atom is -0.508 e. The van der Waals surface area contributed by atoms with Gasteiger partial charge in [0.25, 0.3) is 5.91 Å². The number of hydrogen-bond acceptors (Lipinski definition) is 4. The van der Waals surface area contributed by atoms with Crippen molar-refractivity contribution in [2.75, 3.05) is 39.5 Å². The molecule has 0 aromatic heterocycles. The van der Waals surface area contributed by atoms with Crippen molar-refractivity contribution in [3.8, 4) is 5.75 Å².